The number of nitrogens with zero attached hydrogens (tertiary/aromatic N) is 2. The molecule has 0 unspecified atom stereocenters. The molecule has 2 aliphatic carbocycles. The van der Waals surface area contributed by atoms with E-state index in [4.69, 9.17) is 0 Å². The molecule has 2 nitrogen and oxygen atoms in total. The average Bonchev–Trinajstić information content (AvgIpc) is 3.36. The van der Waals surface area contributed by atoms with Gasteiger partial charge < -0.3 is 9.80 Å². The molecule has 0 aromatic heterocycles. The molecular weight excluding hydrogens is 593 g/mol. The lowest BCUT2D eigenvalue weighted by Gasteiger charge is -2.31. The summed E-state index contributed by atoms with van der Waals surface area (Å²) < 4.78 is 0. The molecule has 5 aromatic rings. The quantitative estimate of drug-likeness (QED) is 0.180. The van der Waals surface area contributed by atoms with Crippen molar-refractivity contribution in [3.63, 3.8) is 0 Å². The van der Waals surface area contributed by atoms with Gasteiger partial charge in [-0.05, 0) is 156 Å². The third-order valence-corrected chi connectivity index (χ3v) is 12.2. The van der Waals surface area contributed by atoms with Crippen LogP contribution in [0.4, 0.5) is 11.4 Å². The van der Waals surface area contributed by atoms with Gasteiger partial charge in [-0.2, -0.15) is 0 Å². The van der Waals surface area contributed by atoms with Crippen LogP contribution in [0.3, 0.4) is 0 Å². The Morgan fingerprint density at radius 2 is 1.12 bits per heavy atom. The van der Waals surface area contributed by atoms with E-state index in [9.17, 15) is 0 Å². The Hall–Kier alpha value is -4.30. The fourth-order valence-electron chi connectivity index (χ4n) is 9.82. The van der Waals surface area contributed by atoms with Gasteiger partial charge in [-0.1, -0.05) is 85.2 Å². The Morgan fingerprint density at radius 3 is 1.71 bits per heavy atom. The zero-order valence-electron chi connectivity index (χ0n) is 30.0. The SMILES string of the molecule is Cc1cc(C)cc(-c2c3ccc(N4CCCCC4)cc3c(-c3ccc4c(c3)C(C)(C)C3=C4C=CCC3)c3ccc(N4CCCCC4)cc23)c1. The molecule has 0 radical (unpaired) electrons. The summed E-state index contributed by atoms with van der Waals surface area (Å²) in [5.74, 6) is 0. The third-order valence-electron chi connectivity index (χ3n) is 12.2. The number of fused-ring (bicyclic) bond motifs is 4. The van der Waals surface area contributed by atoms with Gasteiger partial charge in [-0.25, -0.2) is 0 Å². The predicted octanol–water partition coefficient (Wildman–Crippen LogP) is 12.3. The molecule has 0 spiro atoms. The summed E-state index contributed by atoms with van der Waals surface area (Å²) in [6.07, 6.45) is 14.9. The van der Waals surface area contributed by atoms with E-state index >= 15 is 0 Å². The second kappa shape index (κ2) is 11.9. The molecular formula is C47H50N2. The number of allylic oxidation sites excluding steroid dienone is 4. The largest absolute Gasteiger partial charge is 0.372 e. The first-order chi connectivity index (χ1) is 23.9. The minimum Gasteiger partial charge on any atom is -0.372 e. The lowest BCUT2D eigenvalue weighted by atomic mass is 9.77. The summed E-state index contributed by atoms with van der Waals surface area (Å²) in [6.45, 7) is 14.0. The molecule has 0 N–H and O–H groups in total. The monoisotopic (exact) mass is 642 g/mol. The Labute approximate surface area is 293 Å². The third kappa shape index (κ3) is 5.13. The first kappa shape index (κ1) is 30.7. The van der Waals surface area contributed by atoms with Crippen LogP contribution in [0, 0.1) is 13.8 Å². The van der Waals surface area contributed by atoms with Crippen molar-refractivity contribution in [1.29, 1.82) is 0 Å². The van der Waals surface area contributed by atoms with Crippen molar-refractivity contribution in [3.05, 3.63) is 113 Å². The van der Waals surface area contributed by atoms with Crippen molar-refractivity contribution in [1.82, 2.24) is 0 Å². The van der Waals surface area contributed by atoms with Crippen molar-refractivity contribution in [2.45, 2.75) is 84.5 Å². The van der Waals surface area contributed by atoms with E-state index in [1.165, 1.54) is 122 Å². The summed E-state index contributed by atoms with van der Waals surface area (Å²) in [7, 11) is 0. The summed E-state index contributed by atoms with van der Waals surface area (Å²) >= 11 is 0. The number of rotatable bonds is 4. The molecule has 49 heavy (non-hydrogen) atoms. The van der Waals surface area contributed by atoms with E-state index in [1.54, 1.807) is 5.57 Å². The van der Waals surface area contributed by atoms with Gasteiger partial charge in [0.05, 0.1) is 0 Å². The topological polar surface area (TPSA) is 6.48 Å². The molecule has 0 atom stereocenters. The Kier molecular flexibility index (Phi) is 7.49. The lowest BCUT2D eigenvalue weighted by molar-refractivity contribution is 0.578. The van der Waals surface area contributed by atoms with Crippen LogP contribution in [-0.4, -0.2) is 26.2 Å². The molecule has 2 saturated heterocycles. The van der Waals surface area contributed by atoms with E-state index in [0.717, 1.165) is 39.0 Å². The molecule has 2 aliphatic heterocycles. The highest BCUT2D eigenvalue weighted by Crippen LogP contribution is 2.52. The van der Waals surface area contributed by atoms with Crippen LogP contribution in [0.25, 0.3) is 49.4 Å². The molecule has 0 amide bonds. The fourth-order valence-corrected chi connectivity index (χ4v) is 9.82. The van der Waals surface area contributed by atoms with Crippen LogP contribution >= 0.6 is 0 Å². The number of aryl methyl sites for hydroxylation is 2. The number of anilines is 2. The Bertz CT molecular complexity index is 2160. The number of hydrogen-bond donors (Lipinski definition) is 0. The van der Waals surface area contributed by atoms with Crippen molar-refractivity contribution in [2.24, 2.45) is 0 Å². The molecule has 5 aromatic carbocycles. The summed E-state index contributed by atoms with van der Waals surface area (Å²) in [6, 6.07) is 29.4. The maximum absolute atomic E-state index is 2.63. The van der Waals surface area contributed by atoms with Crippen molar-refractivity contribution < 1.29 is 0 Å². The summed E-state index contributed by atoms with van der Waals surface area (Å²) in [5.41, 5.74) is 16.9. The summed E-state index contributed by atoms with van der Waals surface area (Å²) in [4.78, 5) is 5.25. The zero-order chi connectivity index (χ0) is 33.3. The number of piperidine rings is 2. The molecule has 4 aliphatic rings. The number of hydrogen-bond acceptors (Lipinski definition) is 2. The van der Waals surface area contributed by atoms with Crippen LogP contribution in [0.1, 0.15) is 87.5 Å². The van der Waals surface area contributed by atoms with Crippen LogP contribution in [0.2, 0.25) is 0 Å². The minimum absolute atomic E-state index is 0.0382. The van der Waals surface area contributed by atoms with Gasteiger partial charge >= 0.3 is 0 Å². The van der Waals surface area contributed by atoms with Gasteiger partial charge in [0, 0.05) is 43.0 Å². The average molecular weight is 643 g/mol. The molecule has 2 fully saturated rings. The molecule has 0 bridgehead atoms. The van der Waals surface area contributed by atoms with Crippen LogP contribution < -0.4 is 9.80 Å². The zero-order valence-corrected chi connectivity index (χ0v) is 30.0. The van der Waals surface area contributed by atoms with E-state index < -0.39 is 0 Å². The van der Waals surface area contributed by atoms with E-state index in [1.807, 2.05) is 0 Å². The molecule has 2 heterocycles. The maximum atomic E-state index is 2.63. The highest BCUT2D eigenvalue weighted by molar-refractivity contribution is 6.22. The van der Waals surface area contributed by atoms with Gasteiger partial charge in [0.1, 0.15) is 0 Å². The van der Waals surface area contributed by atoms with Crippen molar-refractivity contribution >= 4 is 38.5 Å². The Balaban J connectivity index is 1.35. The Morgan fingerprint density at radius 1 is 0.551 bits per heavy atom. The van der Waals surface area contributed by atoms with Gasteiger partial charge in [0.25, 0.3) is 0 Å². The van der Waals surface area contributed by atoms with E-state index in [2.05, 4.69) is 122 Å². The first-order valence-electron chi connectivity index (χ1n) is 19.0. The van der Waals surface area contributed by atoms with Gasteiger partial charge in [-0.3, -0.25) is 0 Å². The highest BCUT2D eigenvalue weighted by Gasteiger charge is 2.37. The van der Waals surface area contributed by atoms with Crippen LogP contribution in [0.15, 0.2) is 90.5 Å². The smallest absolute Gasteiger partial charge is 0.0372 e. The molecule has 0 saturated carbocycles. The maximum Gasteiger partial charge on any atom is 0.0372 e. The fraction of sp³-hybridized carbons (Fsp3) is 0.362. The van der Waals surface area contributed by atoms with Gasteiger partial charge in [0.15, 0.2) is 0 Å². The standard InChI is InChI=1S/C47H50N2/c1-31-25-32(2)27-34(26-31)46-40-20-17-35(48-21-9-5-10-22-48)29-41(40)45(39-19-16-36(30-42(39)46)49-23-11-6-12-24-49)33-15-18-38-37-13-7-8-14-43(37)47(3,4)44(38)28-33/h7,13,15-20,25-30H,5-6,8-12,14,21-24H2,1-4H3. The highest BCUT2D eigenvalue weighted by atomic mass is 15.1. The molecule has 2 heteroatoms. The van der Waals surface area contributed by atoms with E-state index in [-0.39, 0.29) is 5.41 Å². The van der Waals surface area contributed by atoms with Crippen molar-refractivity contribution in [3.8, 4) is 22.3 Å². The first-order valence-corrected chi connectivity index (χ1v) is 19.0. The minimum atomic E-state index is 0.0382. The molecule has 248 valence electrons. The molecule has 9 rings (SSSR count). The lowest BCUT2D eigenvalue weighted by Crippen LogP contribution is -2.29. The number of benzene rings is 5. The normalized spacial score (nSPS) is 18.8. The van der Waals surface area contributed by atoms with E-state index in [0.29, 0.717) is 0 Å². The van der Waals surface area contributed by atoms with Crippen LogP contribution in [0.5, 0.6) is 0 Å². The second-order valence-electron chi connectivity index (χ2n) is 15.9. The van der Waals surface area contributed by atoms with Crippen LogP contribution in [-0.2, 0) is 5.41 Å². The van der Waals surface area contributed by atoms with Gasteiger partial charge in [-0.15, -0.1) is 0 Å². The second-order valence-corrected chi connectivity index (χ2v) is 15.9. The van der Waals surface area contributed by atoms with Crippen molar-refractivity contribution in [2.75, 3.05) is 36.0 Å². The van der Waals surface area contributed by atoms with Gasteiger partial charge in [0.2, 0.25) is 0 Å². The summed E-state index contributed by atoms with van der Waals surface area (Å²) in [5, 5.41) is 5.49. The predicted molar refractivity (Wildman–Crippen MR) is 212 cm³/mol.